The van der Waals surface area contributed by atoms with E-state index < -0.39 is 0 Å². The van der Waals surface area contributed by atoms with Crippen molar-refractivity contribution in [2.45, 2.75) is 38.1 Å². The standard InChI is InChI=1S/C15H21N.ClH/c1-2-4-14(5-3-1)15-11-13(8-9-16-15)10-12-6-7-12;/h1-5,12-13,15-16H,6-11H2;1H. The molecule has 3 rings (SSSR count). The van der Waals surface area contributed by atoms with Crippen molar-refractivity contribution in [3.8, 4) is 0 Å². The lowest BCUT2D eigenvalue weighted by Crippen LogP contribution is -2.31. The van der Waals surface area contributed by atoms with Crippen LogP contribution in [0, 0.1) is 11.8 Å². The zero-order valence-corrected chi connectivity index (χ0v) is 11.1. The van der Waals surface area contributed by atoms with E-state index in [1.807, 2.05) is 0 Å². The van der Waals surface area contributed by atoms with Crippen molar-refractivity contribution in [2.75, 3.05) is 6.54 Å². The summed E-state index contributed by atoms with van der Waals surface area (Å²) in [5.74, 6) is 2.05. The van der Waals surface area contributed by atoms with Crippen molar-refractivity contribution in [2.24, 2.45) is 11.8 Å². The van der Waals surface area contributed by atoms with Gasteiger partial charge in [0, 0.05) is 6.04 Å². The highest BCUT2D eigenvalue weighted by molar-refractivity contribution is 5.85. The third kappa shape index (κ3) is 3.46. The van der Waals surface area contributed by atoms with Crippen LogP contribution in [0.3, 0.4) is 0 Å². The molecule has 1 aliphatic heterocycles. The Kier molecular flexibility index (Phi) is 4.47. The smallest absolute Gasteiger partial charge is 0.0322 e. The molecule has 94 valence electrons. The molecule has 2 fully saturated rings. The van der Waals surface area contributed by atoms with Crippen LogP contribution >= 0.6 is 12.4 Å². The number of hydrogen-bond acceptors (Lipinski definition) is 1. The second-order valence-electron chi connectivity index (χ2n) is 5.49. The quantitative estimate of drug-likeness (QED) is 0.858. The summed E-state index contributed by atoms with van der Waals surface area (Å²) in [6, 6.07) is 11.5. The van der Waals surface area contributed by atoms with Gasteiger partial charge in [0.15, 0.2) is 0 Å². The monoisotopic (exact) mass is 251 g/mol. The molecule has 0 spiro atoms. The first-order valence-electron chi connectivity index (χ1n) is 6.70. The van der Waals surface area contributed by atoms with E-state index in [4.69, 9.17) is 0 Å². The first kappa shape index (κ1) is 12.9. The predicted octanol–water partition coefficient (Wildman–Crippen LogP) is 3.95. The van der Waals surface area contributed by atoms with Crippen molar-refractivity contribution >= 4 is 12.4 Å². The lowest BCUT2D eigenvalue weighted by Gasteiger charge is -2.30. The molecule has 1 saturated heterocycles. The van der Waals surface area contributed by atoms with Crippen LogP contribution in [0.1, 0.15) is 43.7 Å². The molecule has 1 heterocycles. The Labute approximate surface area is 110 Å². The molecule has 17 heavy (non-hydrogen) atoms. The molecule has 0 amide bonds. The Hall–Kier alpha value is -0.530. The maximum absolute atomic E-state index is 3.66. The summed E-state index contributed by atoms with van der Waals surface area (Å²) in [5, 5.41) is 3.66. The van der Waals surface area contributed by atoms with Gasteiger partial charge in [-0.05, 0) is 43.2 Å². The van der Waals surface area contributed by atoms with E-state index >= 15 is 0 Å². The third-order valence-corrected chi connectivity index (χ3v) is 4.08. The van der Waals surface area contributed by atoms with Gasteiger partial charge in [-0.2, -0.15) is 0 Å². The van der Waals surface area contributed by atoms with E-state index in [-0.39, 0.29) is 12.4 Å². The Bertz CT molecular complexity index is 334. The highest BCUT2D eigenvalue weighted by Crippen LogP contribution is 2.40. The first-order valence-corrected chi connectivity index (χ1v) is 6.70. The average Bonchev–Trinajstić information content (AvgIpc) is 3.15. The van der Waals surface area contributed by atoms with Gasteiger partial charge in [0.1, 0.15) is 0 Å². The minimum Gasteiger partial charge on any atom is -0.310 e. The van der Waals surface area contributed by atoms with E-state index in [1.54, 1.807) is 0 Å². The van der Waals surface area contributed by atoms with Gasteiger partial charge in [-0.3, -0.25) is 0 Å². The molecule has 1 aromatic carbocycles. The highest BCUT2D eigenvalue weighted by Gasteiger charge is 2.29. The van der Waals surface area contributed by atoms with Gasteiger partial charge < -0.3 is 5.32 Å². The van der Waals surface area contributed by atoms with Crippen molar-refractivity contribution in [1.82, 2.24) is 5.32 Å². The van der Waals surface area contributed by atoms with Crippen molar-refractivity contribution in [3.05, 3.63) is 35.9 Å². The molecule has 2 aliphatic rings. The molecule has 2 heteroatoms. The van der Waals surface area contributed by atoms with E-state index in [2.05, 4.69) is 35.6 Å². The van der Waals surface area contributed by atoms with E-state index in [0.717, 1.165) is 11.8 Å². The number of halogens is 1. The van der Waals surface area contributed by atoms with Gasteiger partial charge in [-0.15, -0.1) is 12.4 Å². The number of rotatable bonds is 3. The molecule has 1 aliphatic carbocycles. The van der Waals surface area contributed by atoms with E-state index in [0.29, 0.717) is 6.04 Å². The van der Waals surface area contributed by atoms with Crippen LogP contribution in [0.4, 0.5) is 0 Å². The SMILES string of the molecule is Cl.c1ccc(C2CC(CC3CC3)CCN2)cc1. The first-order chi connectivity index (χ1) is 7.92. The minimum atomic E-state index is 0. The summed E-state index contributed by atoms with van der Waals surface area (Å²) in [6.45, 7) is 1.21. The largest absolute Gasteiger partial charge is 0.310 e. The van der Waals surface area contributed by atoms with Crippen LogP contribution in [-0.4, -0.2) is 6.54 Å². The summed E-state index contributed by atoms with van der Waals surface area (Å²) in [6.07, 6.45) is 7.23. The molecule has 0 bridgehead atoms. The zero-order chi connectivity index (χ0) is 10.8. The van der Waals surface area contributed by atoms with Gasteiger partial charge in [0.2, 0.25) is 0 Å². The number of benzene rings is 1. The van der Waals surface area contributed by atoms with Crippen molar-refractivity contribution < 1.29 is 0 Å². The molecule has 0 radical (unpaired) electrons. The second-order valence-corrected chi connectivity index (χ2v) is 5.49. The highest BCUT2D eigenvalue weighted by atomic mass is 35.5. The summed E-state index contributed by atoms with van der Waals surface area (Å²) >= 11 is 0. The second kappa shape index (κ2) is 5.88. The molecule has 1 aromatic rings. The molecule has 0 aromatic heterocycles. The third-order valence-electron chi connectivity index (χ3n) is 4.08. The number of hydrogen-bond donors (Lipinski definition) is 1. The summed E-state index contributed by atoms with van der Waals surface area (Å²) in [7, 11) is 0. The Balaban J connectivity index is 0.00000108. The fourth-order valence-corrected chi connectivity index (χ4v) is 2.97. The lowest BCUT2D eigenvalue weighted by molar-refractivity contribution is 0.282. The summed E-state index contributed by atoms with van der Waals surface area (Å²) < 4.78 is 0. The molecule has 1 nitrogen and oxygen atoms in total. The van der Waals surface area contributed by atoms with Crippen LogP contribution in [0.5, 0.6) is 0 Å². The predicted molar refractivity (Wildman–Crippen MR) is 74.5 cm³/mol. The zero-order valence-electron chi connectivity index (χ0n) is 10.3. The number of nitrogens with one attached hydrogen (secondary N) is 1. The van der Waals surface area contributed by atoms with Crippen LogP contribution in [-0.2, 0) is 0 Å². The van der Waals surface area contributed by atoms with E-state index in [1.165, 1.54) is 44.2 Å². The Morgan fingerprint density at radius 3 is 2.47 bits per heavy atom. The molecule has 2 unspecified atom stereocenters. The van der Waals surface area contributed by atoms with Gasteiger partial charge in [0.25, 0.3) is 0 Å². The van der Waals surface area contributed by atoms with Gasteiger partial charge in [0.05, 0.1) is 0 Å². The molecule has 2 atom stereocenters. The molecule has 1 N–H and O–H groups in total. The van der Waals surface area contributed by atoms with Crippen LogP contribution in [0.15, 0.2) is 30.3 Å². The van der Waals surface area contributed by atoms with Crippen LogP contribution in [0.2, 0.25) is 0 Å². The lowest BCUT2D eigenvalue weighted by atomic mass is 9.85. The Morgan fingerprint density at radius 1 is 1.00 bits per heavy atom. The maximum Gasteiger partial charge on any atom is 0.0322 e. The topological polar surface area (TPSA) is 12.0 Å². The Morgan fingerprint density at radius 2 is 1.76 bits per heavy atom. The maximum atomic E-state index is 3.66. The van der Waals surface area contributed by atoms with Gasteiger partial charge in [-0.25, -0.2) is 0 Å². The van der Waals surface area contributed by atoms with Crippen LogP contribution < -0.4 is 5.32 Å². The normalized spacial score (nSPS) is 28.5. The van der Waals surface area contributed by atoms with Crippen molar-refractivity contribution in [3.63, 3.8) is 0 Å². The van der Waals surface area contributed by atoms with Crippen molar-refractivity contribution in [1.29, 1.82) is 0 Å². The van der Waals surface area contributed by atoms with Gasteiger partial charge >= 0.3 is 0 Å². The average molecular weight is 252 g/mol. The van der Waals surface area contributed by atoms with Gasteiger partial charge in [-0.1, -0.05) is 43.2 Å². The summed E-state index contributed by atoms with van der Waals surface area (Å²) in [5.41, 5.74) is 1.47. The number of piperidine rings is 1. The molecule has 1 saturated carbocycles. The van der Waals surface area contributed by atoms with Crippen LogP contribution in [0.25, 0.3) is 0 Å². The summed E-state index contributed by atoms with van der Waals surface area (Å²) in [4.78, 5) is 0. The molecular formula is C15H22ClN. The fraction of sp³-hybridized carbons (Fsp3) is 0.600. The van der Waals surface area contributed by atoms with E-state index in [9.17, 15) is 0 Å². The molecular weight excluding hydrogens is 230 g/mol. The minimum absolute atomic E-state index is 0. The fourth-order valence-electron chi connectivity index (χ4n) is 2.97.